The fourth-order valence-electron chi connectivity index (χ4n) is 6.91. The van der Waals surface area contributed by atoms with Crippen molar-refractivity contribution >= 4 is 11.0 Å². The Morgan fingerprint density at radius 3 is 2.68 bits per heavy atom. The van der Waals surface area contributed by atoms with Gasteiger partial charge in [-0.15, -0.1) is 0 Å². The summed E-state index contributed by atoms with van der Waals surface area (Å²) in [6.07, 6.45) is 7.68. The molecular weight excluding hydrogens is 350 g/mol. The van der Waals surface area contributed by atoms with Gasteiger partial charge < -0.3 is 14.4 Å². The van der Waals surface area contributed by atoms with Crippen LogP contribution in [0, 0.1) is 10.8 Å². The highest BCUT2D eigenvalue weighted by Gasteiger charge is 2.52. The van der Waals surface area contributed by atoms with E-state index in [9.17, 15) is 9.90 Å². The maximum atomic E-state index is 12.6. The number of phenolic OH excluding ortho intramolecular Hbond substituents is 1. The van der Waals surface area contributed by atoms with Crippen molar-refractivity contribution in [3.05, 3.63) is 39.2 Å². The van der Waals surface area contributed by atoms with Crippen molar-refractivity contribution < 1.29 is 14.4 Å². The van der Waals surface area contributed by atoms with Gasteiger partial charge >= 0.3 is 5.63 Å². The molecule has 1 saturated carbocycles. The third-order valence-electron chi connectivity index (χ3n) is 7.55. The summed E-state index contributed by atoms with van der Waals surface area (Å²) in [5.41, 5.74) is 4.03. The number of benzene rings is 1. The molecule has 2 aliphatic carbocycles. The highest BCUT2D eigenvalue weighted by Crippen LogP contribution is 2.47. The van der Waals surface area contributed by atoms with Gasteiger partial charge in [-0.3, -0.25) is 0 Å². The second-order valence-corrected chi connectivity index (χ2v) is 10.8. The number of hydrogen-bond donors (Lipinski definition) is 2. The van der Waals surface area contributed by atoms with Crippen LogP contribution in [0.1, 0.15) is 69.6 Å². The van der Waals surface area contributed by atoms with Crippen molar-refractivity contribution in [3.8, 4) is 5.75 Å². The Hall–Kier alpha value is -1.81. The maximum Gasteiger partial charge on any atom is 0.339 e. The molecule has 2 N–H and O–H groups in total. The molecule has 1 saturated heterocycles. The lowest BCUT2D eigenvalue weighted by atomic mass is 9.65. The van der Waals surface area contributed by atoms with Crippen LogP contribution < -0.4 is 10.5 Å². The van der Waals surface area contributed by atoms with E-state index in [4.69, 9.17) is 4.42 Å². The van der Waals surface area contributed by atoms with E-state index in [1.54, 1.807) is 6.07 Å². The number of likely N-dealkylation sites (tertiary alicyclic amines) is 1. The largest absolute Gasteiger partial charge is 0.507 e. The van der Waals surface area contributed by atoms with Gasteiger partial charge in [0.05, 0.1) is 18.2 Å². The monoisotopic (exact) mass is 382 g/mol. The van der Waals surface area contributed by atoms with Gasteiger partial charge in [0.25, 0.3) is 0 Å². The highest BCUT2D eigenvalue weighted by atomic mass is 16.4. The van der Waals surface area contributed by atoms with Crippen LogP contribution in [0.15, 0.2) is 21.3 Å². The Balaban J connectivity index is 1.57. The lowest BCUT2D eigenvalue weighted by molar-refractivity contribution is -0.928. The van der Waals surface area contributed by atoms with Crippen molar-refractivity contribution in [2.75, 3.05) is 6.54 Å². The van der Waals surface area contributed by atoms with Crippen LogP contribution >= 0.6 is 0 Å². The summed E-state index contributed by atoms with van der Waals surface area (Å²) in [6.45, 7) is 9.07. The van der Waals surface area contributed by atoms with Crippen LogP contribution in [-0.4, -0.2) is 17.7 Å². The van der Waals surface area contributed by atoms with Crippen LogP contribution in [0.3, 0.4) is 0 Å². The number of quaternary nitrogens is 1. The Labute approximate surface area is 166 Å². The molecule has 3 aliphatic rings. The summed E-state index contributed by atoms with van der Waals surface area (Å²) in [5, 5.41) is 11.7. The van der Waals surface area contributed by atoms with Gasteiger partial charge in [-0.25, -0.2) is 4.79 Å². The first-order chi connectivity index (χ1) is 13.2. The van der Waals surface area contributed by atoms with E-state index in [-0.39, 0.29) is 11.4 Å². The van der Waals surface area contributed by atoms with Gasteiger partial charge in [0.1, 0.15) is 12.3 Å². The average molecular weight is 383 g/mol. The van der Waals surface area contributed by atoms with Crippen LogP contribution in [0.4, 0.5) is 0 Å². The van der Waals surface area contributed by atoms with Crippen LogP contribution in [0.2, 0.25) is 0 Å². The molecule has 1 unspecified atom stereocenters. The van der Waals surface area contributed by atoms with Gasteiger partial charge in [-0.1, -0.05) is 20.8 Å². The smallest absolute Gasteiger partial charge is 0.339 e. The molecular formula is C24H32NO3+. The van der Waals surface area contributed by atoms with Gasteiger partial charge in [0, 0.05) is 29.2 Å². The van der Waals surface area contributed by atoms with Crippen molar-refractivity contribution in [2.45, 2.75) is 78.3 Å². The molecule has 4 heteroatoms. The Morgan fingerprint density at radius 2 is 1.89 bits per heavy atom. The van der Waals surface area contributed by atoms with E-state index in [2.05, 4.69) is 20.8 Å². The normalized spacial score (nSPS) is 31.1. The number of aromatic hydroxyl groups is 1. The first kappa shape index (κ1) is 18.2. The standard InChI is InChI=1S/C24H31NO3/c1-23(2)10-15-11-24(3,13-23)14-25(15)12-19-20(26)9-8-17-16-6-4-5-7-18(16)22(27)28-21(17)19/h8-9,15,26H,4-7,10-14H2,1-3H3/p+1/t15-,24-/m1/s1. The van der Waals surface area contributed by atoms with Gasteiger partial charge in [-0.2, -0.15) is 0 Å². The van der Waals surface area contributed by atoms with E-state index in [0.717, 1.165) is 60.8 Å². The number of rotatable bonds is 2. The number of fused-ring (bicyclic) bond motifs is 5. The summed E-state index contributed by atoms with van der Waals surface area (Å²) in [7, 11) is 0. The molecule has 5 rings (SSSR count). The molecule has 2 bridgehead atoms. The highest BCUT2D eigenvalue weighted by molar-refractivity contribution is 5.86. The Bertz CT molecular complexity index is 1010. The van der Waals surface area contributed by atoms with Crippen molar-refractivity contribution in [1.82, 2.24) is 0 Å². The molecule has 0 spiro atoms. The summed E-state index contributed by atoms with van der Waals surface area (Å²) in [5.74, 6) is 0.268. The van der Waals surface area contributed by atoms with Crippen molar-refractivity contribution in [2.24, 2.45) is 10.8 Å². The second kappa shape index (κ2) is 6.09. The average Bonchev–Trinajstić information content (AvgIpc) is 2.86. The zero-order chi connectivity index (χ0) is 19.7. The quantitative estimate of drug-likeness (QED) is 0.783. The fourth-order valence-corrected chi connectivity index (χ4v) is 6.91. The molecule has 150 valence electrons. The second-order valence-electron chi connectivity index (χ2n) is 10.8. The molecule has 28 heavy (non-hydrogen) atoms. The molecule has 4 nitrogen and oxygen atoms in total. The molecule has 0 amide bonds. The molecule has 0 radical (unpaired) electrons. The SMILES string of the molecule is CC1(C)C[C@@H]2C[C@@](C)(C[NH+]2Cc2c(O)ccc3c4c(c(=O)oc23)CCCC4)C1. The minimum absolute atomic E-state index is 0.197. The van der Waals surface area contributed by atoms with E-state index < -0.39 is 0 Å². The first-order valence-corrected chi connectivity index (χ1v) is 10.9. The lowest BCUT2D eigenvalue weighted by Gasteiger charge is -2.37. The third kappa shape index (κ3) is 2.88. The van der Waals surface area contributed by atoms with Crippen LogP contribution in [-0.2, 0) is 19.4 Å². The third-order valence-corrected chi connectivity index (χ3v) is 7.55. The Kier molecular flexibility index (Phi) is 3.97. The van der Waals surface area contributed by atoms with Crippen LogP contribution in [0.5, 0.6) is 5.75 Å². The summed E-state index contributed by atoms with van der Waals surface area (Å²) < 4.78 is 5.83. The predicted molar refractivity (Wildman–Crippen MR) is 110 cm³/mol. The van der Waals surface area contributed by atoms with Crippen molar-refractivity contribution in [1.29, 1.82) is 0 Å². The predicted octanol–water partition coefficient (Wildman–Crippen LogP) is 3.36. The van der Waals surface area contributed by atoms with E-state index in [1.165, 1.54) is 24.2 Å². The van der Waals surface area contributed by atoms with Gasteiger partial charge in [0.15, 0.2) is 5.58 Å². The molecule has 1 aromatic heterocycles. The molecule has 3 atom stereocenters. The van der Waals surface area contributed by atoms with Gasteiger partial charge in [-0.05, 0) is 55.2 Å². The summed E-state index contributed by atoms with van der Waals surface area (Å²) in [4.78, 5) is 14.2. The van der Waals surface area contributed by atoms with Crippen molar-refractivity contribution in [3.63, 3.8) is 0 Å². The number of hydrogen-bond acceptors (Lipinski definition) is 3. The van der Waals surface area contributed by atoms with E-state index in [1.807, 2.05) is 6.07 Å². The van der Waals surface area contributed by atoms with Gasteiger partial charge in [0.2, 0.25) is 0 Å². The topological polar surface area (TPSA) is 54.9 Å². The van der Waals surface area contributed by atoms with Crippen LogP contribution in [0.25, 0.3) is 11.0 Å². The number of nitrogens with one attached hydrogen (secondary N) is 1. The zero-order valence-electron chi connectivity index (χ0n) is 17.4. The Morgan fingerprint density at radius 1 is 1.14 bits per heavy atom. The molecule has 2 fully saturated rings. The maximum absolute atomic E-state index is 12.6. The minimum atomic E-state index is -0.197. The lowest BCUT2D eigenvalue weighted by Crippen LogP contribution is -3.12. The number of phenols is 1. The summed E-state index contributed by atoms with van der Waals surface area (Å²) in [6, 6.07) is 4.37. The zero-order valence-corrected chi connectivity index (χ0v) is 17.4. The fraction of sp³-hybridized carbons (Fsp3) is 0.625. The minimum Gasteiger partial charge on any atom is -0.507 e. The molecule has 2 heterocycles. The van der Waals surface area contributed by atoms with E-state index in [0.29, 0.717) is 22.5 Å². The molecule has 1 aromatic carbocycles. The number of aryl methyl sites for hydroxylation is 1. The van der Waals surface area contributed by atoms with E-state index >= 15 is 0 Å². The molecule has 2 aromatic rings. The summed E-state index contributed by atoms with van der Waals surface area (Å²) >= 11 is 0. The first-order valence-electron chi connectivity index (χ1n) is 10.9. The molecule has 1 aliphatic heterocycles.